The molecule has 1 atom stereocenters. The predicted octanol–water partition coefficient (Wildman–Crippen LogP) is 3.20. The Bertz CT molecular complexity index is 1240. The van der Waals surface area contributed by atoms with Gasteiger partial charge in [0.15, 0.2) is 17.8 Å². The molecular formula is C22H17NO6. The third-order valence-electron chi connectivity index (χ3n) is 4.91. The van der Waals surface area contributed by atoms with Gasteiger partial charge in [0.05, 0.1) is 11.3 Å². The molecule has 0 spiro atoms. The molecule has 0 bridgehead atoms. The molecule has 1 N–H and O–H groups in total. The zero-order chi connectivity index (χ0) is 20.7. The lowest BCUT2D eigenvalue weighted by Gasteiger charge is -2.07. The highest BCUT2D eigenvalue weighted by Crippen LogP contribution is 2.32. The van der Waals surface area contributed by atoms with Gasteiger partial charge in [0.2, 0.25) is 11.7 Å². The fourth-order valence-corrected chi connectivity index (χ4v) is 3.25. The van der Waals surface area contributed by atoms with Gasteiger partial charge in [0.1, 0.15) is 5.58 Å². The van der Waals surface area contributed by atoms with Crippen molar-refractivity contribution < 1.29 is 23.5 Å². The van der Waals surface area contributed by atoms with Crippen LogP contribution in [0, 0.1) is 6.92 Å². The molecule has 3 aromatic rings. The molecule has 1 amide bonds. The van der Waals surface area contributed by atoms with E-state index in [9.17, 15) is 19.2 Å². The summed E-state index contributed by atoms with van der Waals surface area (Å²) in [6.45, 7) is 3.08. The first-order valence-corrected chi connectivity index (χ1v) is 9.03. The fourth-order valence-electron chi connectivity index (χ4n) is 3.25. The monoisotopic (exact) mass is 391 g/mol. The van der Waals surface area contributed by atoms with Crippen LogP contribution in [0.3, 0.4) is 0 Å². The van der Waals surface area contributed by atoms with Gasteiger partial charge >= 0.3 is 5.97 Å². The molecule has 0 aliphatic carbocycles. The smallest absolute Gasteiger partial charge is 0.374 e. The minimum atomic E-state index is -0.899. The quantitative estimate of drug-likeness (QED) is 0.541. The van der Waals surface area contributed by atoms with E-state index in [-0.39, 0.29) is 28.6 Å². The summed E-state index contributed by atoms with van der Waals surface area (Å²) >= 11 is 0. The summed E-state index contributed by atoms with van der Waals surface area (Å²) in [5, 5.41) is 3.10. The average molecular weight is 391 g/mol. The number of hydrogen-bond donors (Lipinski definition) is 1. The standard InChI is InChI=1S/C22H17NO6/c1-11-3-6-19-15(7-11)17(24)9-20(29-19)22(27)28-10-18(25)13-4-5-16-14(8-13)12(2)21(26)23-16/h3-9,12H,10H2,1-2H3,(H,23,26)/t12-/m0/s1. The lowest BCUT2D eigenvalue weighted by molar-refractivity contribution is -0.116. The molecule has 7 heteroatoms. The van der Waals surface area contributed by atoms with Crippen molar-refractivity contribution in [1.82, 2.24) is 0 Å². The van der Waals surface area contributed by atoms with Crippen molar-refractivity contribution in [2.75, 3.05) is 11.9 Å². The SMILES string of the molecule is Cc1ccc2oc(C(=O)OCC(=O)c3ccc4c(c3)[C@H](C)C(=O)N4)cc(=O)c2c1. The number of rotatable bonds is 4. The number of carbonyl (C=O) groups excluding carboxylic acids is 3. The second-order valence-electron chi connectivity index (χ2n) is 6.99. The van der Waals surface area contributed by atoms with Gasteiger partial charge in [-0.05, 0) is 49.7 Å². The Kier molecular flexibility index (Phi) is 4.50. The molecule has 1 aromatic heterocycles. The van der Waals surface area contributed by atoms with Crippen molar-refractivity contribution in [3.05, 3.63) is 75.1 Å². The van der Waals surface area contributed by atoms with E-state index in [4.69, 9.17) is 9.15 Å². The number of ether oxygens (including phenoxy) is 1. The second kappa shape index (κ2) is 7.01. The van der Waals surface area contributed by atoms with Crippen LogP contribution in [0.15, 0.2) is 51.7 Å². The lowest BCUT2D eigenvalue weighted by atomic mass is 9.99. The Labute approximate surface area is 165 Å². The number of aryl methyl sites for hydroxylation is 1. The minimum Gasteiger partial charge on any atom is -0.451 e. The van der Waals surface area contributed by atoms with Crippen LogP contribution in [-0.2, 0) is 9.53 Å². The fraction of sp³-hybridized carbons (Fsp3) is 0.182. The lowest BCUT2D eigenvalue weighted by Crippen LogP contribution is -2.16. The molecule has 2 heterocycles. The highest BCUT2D eigenvalue weighted by atomic mass is 16.5. The molecule has 0 unspecified atom stereocenters. The van der Waals surface area contributed by atoms with Crippen molar-refractivity contribution in [2.24, 2.45) is 0 Å². The van der Waals surface area contributed by atoms with Crippen LogP contribution in [0.1, 0.15) is 44.9 Å². The molecule has 0 saturated heterocycles. The molecule has 29 heavy (non-hydrogen) atoms. The van der Waals surface area contributed by atoms with E-state index >= 15 is 0 Å². The van der Waals surface area contributed by atoms with E-state index in [2.05, 4.69) is 5.32 Å². The third-order valence-corrected chi connectivity index (χ3v) is 4.91. The summed E-state index contributed by atoms with van der Waals surface area (Å²) in [5.41, 5.74) is 2.53. The first kappa shape index (κ1) is 18.6. The van der Waals surface area contributed by atoms with E-state index < -0.39 is 18.4 Å². The van der Waals surface area contributed by atoms with Crippen molar-refractivity contribution in [1.29, 1.82) is 0 Å². The number of benzene rings is 2. The van der Waals surface area contributed by atoms with Crippen LogP contribution in [0.4, 0.5) is 5.69 Å². The maximum atomic E-state index is 12.4. The number of ketones is 1. The molecular weight excluding hydrogens is 374 g/mol. The number of esters is 1. The van der Waals surface area contributed by atoms with Gasteiger partial charge in [-0.2, -0.15) is 0 Å². The van der Waals surface area contributed by atoms with Gasteiger partial charge in [0, 0.05) is 17.3 Å². The first-order chi connectivity index (χ1) is 13.8. The zero-order valence-corrected chi connectivity index (χ0v) is 15.8. The van der Waals surface area contributed by atoms with Crippen LogP contribution in [0.2, 0.25) is 0 Å². The minimum absolute atomic E-state index is 0.127. The number of fused-ring (bicyclic) bond motifs is 2. The summed E-state index contributed by atoms with van der Waals surface area (Å²) in [6.07, 6.45) is 0. The predicted molar refractivity (Wildman–Crippen MR) is 105 cm³/mol. The summed E-state index contributed by atoms with van der Waals surface area (Å²) in [5.74, 6) is -2.07. The van der Waals surface area contributed by atoms with Crippen molar-refractivity contribution in [3.63, 3.8) is 0 Å². The van der Waals surface area contributed by atoms with E-state index in [1.54, 1.807) is 43.3 Å². The van der Waals surface area contributed by atoms with Crippen LogP contribution >= 0.6 is 0 Å². The normalized spacial score (nSPS) is 15.1. The van der Waals surface area contributed by atoms with Crippen LogP contribution in [-0.4, -0.2) is 24.3 Å². The molecule has 0 fully saturated rings. The molecule has 146 valence electrons. The number of anilines is 1. The molecule has 2 aromatic carbocycles. The maximum Gasteiger partial charge on any atom is 0.374 e. The number of nitrogens with one attached hydrogen (secondary N) is 1. The van der Waals surface area contributed by atoms with Gasteiger partial charge in [-0.3, -0.25) is 14.4 Å². The molecule has 4 rings (SSSR count). The van der Waals surface area contributed by atoms with Crippen LogP contribution in [0.5, 0.6) is 0 Å². The molecule has 0 saturated carbocycles. The van der Waals surface area contributed by atoms with Crippen LogP contribution < -0.4 is 10.7 Å². The largest absolute Gasteiger partial charge is 0.451 e. The topological polar surface area (TPSA) is 103 Å². The summed E-state index contributed by atoms with van der Waals surface area (Å²) in [6, 6.07) is 10.9. The van der Waals surface area contributed by atoms with Crippen molar-refractivity contribution >= 4 is 34.3 Å². The highest BCUT2D eigenvalue weighted by Gasteiger charge is 2.27. The summed E-state index contributed by atoms with van der Waals surface area (Å²) in [4.78, 5) is 48.6. The summed E-state index contributed by atoms with van der Waals surface area (Å²) < 4.78 is 10.5. The van der Waals surface area contributed by atoms with Gasteiger partial charge < -0.3 is 14.5 Å². The van der Waals surface area contributed by atoms with E-state index in [1.165, 1.54) is 0 Å². The van der Waals surface area contributed by atoms with Gasteiger partial charge in [-0.1, -0.05) is 11.6 Å². The van der Waals surface area contributed by atoms with E-state index in [1.807, 2.05) is 6.92 Å². The van der Waals surface area contributed by atoms with Gasteiger partial charge in [0.25, 0.3) is 0 Å². The Hall–Kier alpha value is -3.74. The van der Waals surface area contributed by atoms with Crippen molar-refractivity contribution in [3.8, 4) is 0 Å². The number of hydrogen-bond acceptors (Lipinski definition) is 6. The Morgan fingerprint density at radius 1 is 1.10 bits per heavy atom. The zero-order valence-electron chi connectivity index (χ0n) is 15.8. The average Bonchev–Trinajstić information content (AvgIpc) is 2.99. The van der Waals surface area contributed by atoms with Gasteiger partial charge in [-0.25, -0.2) is 4.79 Å². The molecule has 7 nitrogen and oxygen atoms in total. The Balaban J connectivity index is 1.50. The molecule has 1 aliphatic rings. The number of Topliss-reactive ketones (excluding diaryl/α,β-unsaturated/α-hetero) is 1. The number of carbonyl (C=O) groups is 3. The third kappa shape index (κ3) is 3.42. The Morgan fingerprint density at radius 2 is 1.90 bits per heavy atom. The molecule has 1 aliphatic heterocycles. The summed E-state index contributed by atoms with van der Waals surface area (Å²) in [7, 11) is 0. The van der Waals surface area contributed by atoms with Crippen molar-refractivity contribution in [2.45, 2.75) is 19.8 Å². The Morgan fingerprint density at radius 3 is 2.69 bits per heavy atom. The number of amides is 1. The van der Waals surface area contributed by atoms with Gasteiger partial charge in [-0.15, -0.1) is 0 Å². The van der Waals surface area contributed by atoms with Crippen LogP contribution in [0.25, 0.3) is 11.0 Å². The van der Waals surface area contributed by atoms with E-state index in [0.717, 1.165) is 17.2 Å². The maximum absolute atomic E-state index is 12.4. The first-order valence-electron chi connectivity index (χ1n) is 9.03. The van der Waals surface area contributed by atoms with E-state index in [0.29, 0.717) is 16.6 Å². The highest BCUT2D eigenvalue weighted by molar-refractivity contribution is 6.05. The second-order valence-corrected chi connectivity index (χ2v) is 6.99. The molecule has 0 radical (unpaired) electrons.